The maximum Gasteiger partial charge on any atom is 0.167 e. The van der Waals surface area contributed by atoms with Crippen LogP contribution in [0.3, 0.4) is 0 Å². The fraction of sp³-hybridized carbons (Fsp3) is 0.130. The molecule has 0 atom stereocenters. The van der Waals surface area contributed by atoms with Crippen LogP contribution in [0.1, 0.15) is 33.4 Å². The second-order valence-electron chi connectivity index (χ2n) is 13.9. The van der Waals surface area contributed by atoms with E-state index in [1.165, 1.54) is 0 Å². The van der Waals surface area contributed by atoms with E-state index in [4.69, 9.17) is 0 Å². The summed E-state index contributed by atoms with van der Waals surface area (Å²) >= 11 is 4.67. The number of fused-ring (bicyclic) bond motifs is 4. The van der Waals surface area contributed by atoms with Crippen LogP contribution < -0.4 is 0 Å². The summed E-state index contributed by atoms with van der Waals surface area (Å²) in [6.45, 7) is 11.6. The van der Waals surface area contributed by atoms with Crippen molar-refractivity contribution in [1.29, 1.82) is 0 Å². The molecular weight excluding hydrogens is 665 g/mol. The van der Waals surface area contributed by atoms with Gasteiger partial charge in [0, 0.05) is 22.1 Å². The Bertz CT molecular complexity index is 2780. The number of aryl methyl sites for hydroxylation is 3. The van der Waals surface area contributed by atoms with Gasteiger partial charge in [0.05, 0.1) is 4.90 Å². The molecule has 0 fully saturated rings. The van der Waals surface area contributed by atoms with Gasteiger partial charge in [-0.1, -0.05) is 84.9 Å². The van der Waals surface area contributed by atoms with Gasteiger partial charge in [-0.05, 0) is 129 Å². The van der Waals surface area contributed by atoms with Crippen LogP contribution in [0.5, 0.6) is 28.7 Å². The lowest BCUT2D eigenvalue weighted by molar-refractivity contribution is 0.389. The highest BCUT2D eigenvalue weighted by atomic mass is 32.1. The lowest BCUT2D eigenvalue weighted by atomic mass is 9.81. The average molecular weight is 703 g/mol. The van der Waals surface area contributed by atoms with E-state index in [1.54, 1.807) is 6.92 Å². The van der Waals surface area contributed by atoms with Gasteiger partial charge in [-0.2, -0.15) is 0 Å². The quantitative estimate of drug-likeness (QED) is 0.0476. The molecule has 0 saturated carbocycles. The van der Waals surface area contributed by atoms with Gasteiger partial charge >= 0.3 is 0 Å². The normalized spacial score (nSPS) is 11.8. The predicted molar refractivity (Wildman–Crippen MR) is 217 cm³/mol. The highest BCUT2D eigenvalue weighted by Gasteiger charge is 2.27. The molecule has 258 valence electrons. The summed E-state index contributed by atoms with van der Waals surface area (Å²) in [6, 6.07) is 28.8. The van der Waals surface area contributed by atoms with E-state index < -0.39 is 0 Å². The maximum atomic E-state index is 11.4. The molecule has 8 rings (SSSR count). The van der Waals surface area contributed by atoms with Gasteiger partial charge in [-0.25, -0.2) is 0 Å². The van der Waals surface area contributed by atoms with Gasteiger partial charge in [-0.15, -0.1) is 12.6 Å². The number of hydrogen-bond donors (Lipinski definition) is 6. The molecule has 0 aliphatic carbocycles. The van der Waals surface area contributed by atoms with E-state index in [0.717, 1.165) is 82.2 Å². The molecule has 6 heteroatoms. The molecule has 5 N–H and O–H groups in total. The van der Waals surface area contributed by atoms with Crippen molar-refractivity contribution in [3.05, 3.63) is 118 Å². The Hall–Kier alpha value is -5.85. The number of benzene rings is 8. The van der Waals surface area contributed by atoms with E-state index in [1.807, 2.05) is 57.2 Å². The lowest BCUT2D eigenvalue weighted by Crippen LogP contribution is -1.99. The lowest BCUT2D eigenvalue weighted by Gasteiger charge is -2.23. The van der Waals surface area contributed by atoms with E-state index in [9.17, 15) is 25.5 Å². The first-order valence-corrected chi connectivity index (χ1v) is 17.7. The van der Waals surface area contributed by atoms with E-state index >= 15 is 0 Å². The summed E-state index contributed by atoms with van der Waals surface area (Å²) in [5.74, 6) is -1.04. The van der Waals surface area contributed by atoms with E-state index in [-0.39, 0.29) is 44.8 Å². The Kier molecular flexibility index (Phi) is 7.59. The first-order valence-electron chi connectivity index (χ1n) is 17.2. The smallest absolute Gasteiger partial charge is 0.167 e. The summed E-state index contributed by atoms with van der Waals surface area (Å²) < 4.78 is 0. The number of phenolic OH excluding ortho intramolecular Hbond substituents is 5. The zero-order valence-electron chi connectivity index (χ0n) is 29.8. The molecule has 0 spiro atoms. The minimum Gasteiger partial charge on any atom is -0.506 e. The van der Waals surface area contributed by atoms with Gasteiger partial charge in [0.15, 0.2) is 23.0 Å². The molecule has 8 aromatic carbocycles. The van der Waals surface area contributed by atoms with Crippen molar-refractivity contribution in [2.24, 2.45) is 0 Å². The third-order valence-corrected chi connectivity index (χ3v) is 11.8. The number of thiol groups is 1. The molecule has 0 unspecified atom stereocenters. The number of rotatable bonds is 3. The van der Waals surface area contributed by atoms with Crippen LogP contribution in [0, 0.1) is 41.5 Å². The summed E-state index contributed by atoms with van der Waals surface area (Å²) in [4.78, 5) is 0.191. The number of phenols is 5. The first kappa shape index (κ1) is 33.3. The van der Waals surface area contributed by atoms with Crippen LogP contribution in [0.2, 0.25) is 0 Å². The van der Waals surface area contributed by atoms with Crippen molar-refractivity contribution in [1.82, 2.24) is 0 Å². The Morgan fingerprint density at radius 1 is 0.327 bits per heavy atom. The third kappa shape index (κ3) is 4.43. The molecule has 0 saturated heterocycles. The van der Waals surface area contributed by atoms with Crippen LogP contribution in [0.15, 0.2) is 89.8 Å². The molecule has 0 aliphatic rings. The number of aromatic hydroxyl groups is 5. The molecule has 0 heterocycles. The Morgan fingerprint density at radius 2 is 0.769 bits per heavy atom. The van der Waals surface area contributed by atoms with Crippen LogP contribution >= 0.6 is 12.6 Å². The molecule has 0 aromatic heterocycles. The van der Waals surface area contributed by atoms with Crippen molar-refractivity contribution in [2.75, 3.05) is 0 Å². The summed E-state index contributed by atoms with van der Waals surface area (Å²) in [7, 11) is 0. The highest BCUT2D eigenvalue weighted by Crippen LogP contribution is 2.54. The molecule has 0 radical (unpaired) electrons. The van der Waals surface area contributed by atoms with E-state index in [0.29, 0.717) is 16.5 Å². The van der Waals surface area contributed by atoms with Crippen LogP contribution in [0.25, 0.3) is 76.5 Å². The Labute approximate surface area is 307 Å². The highest BCUT2D eigenvalue weighted by molar-refractivity contribution is 7.80. The molecule has 0 bridgehead atoms. The standard InChI is InChI=1S/C46H38O5S/c1-21-22(2)37-36(23(3)24(4)41(47)44(37)50)25(5)35(21)29-19-11-18-28-27(29)17-12-20-30(28)38-31-13-7-9-15-33(31)39(34-16-10-8-14-32(34)38)40-45(51)42(48)26(6)43(49)46(40)52/h7-20,47-52H,1-6H3. The molecular formula is C46H38O5S. The van der Waals surface area contributed by atoms with Gasteiger partial charge in [0.2, 0.25) is 0 Å². The van der Waals surface area contributed by atoms with Gasteiger partial charge in [0.1, 0.15) is 5.75 Å². The van der Waals surface area contributed by atoms with Crippen molar-refractivity contribution in [3.8, 4) is 62.1 Å². The van der Waals surface area contributed by atoms with Crippen molar-refractivity contribution >= 4 is 55.7 Å². The fourth-order valence-corrected chi connectivity index (χ4v) is 8.86. The number of hydrogen-bond acceptors (Lipinski definition) is 6. The second-order valence-corrected chi connectivity index (χ2v) is 14.3. The Balaban J connectivity index is 1.49. The van der Waals surface area contributed by atoms with Crippen molar-refractivity contribution in [2.45, 2.75) is 46.4 Å². The zero-order valence-corrected chi connectivity index (χ0v) is 30.7. The maximum absolute atomic E-state index is 11.4. The topological polar surface area (TPSA) is 101 Å². The molecule has 52 heavy (non-hydrogen) atoms. The summed E-state index contributed by atoms with van der Waals surface area (Å²) in [5, 5.41) is 62.4. The largest absolute Gasteiger partial charge is 0.506 e. The molecule has 0 amide bonds. The van der Waals surface area contributed by atoms with Crippen molar-refractivity contribution < 1.29 is 25.5 Å². The fourth-order valence-electron chi connectivity index (χ4n) is 8.47. The zero-order chi connectivity index (χ0) is 36.9. The molecule has 5 nitrogen and oxygen atoms in total. The minimum atomic E-state index is -0.379. The van der Waals surface area contributed by atoms with Gasteiger partial charge in [0.25, 0.3) is 0 Å². The molecule has 8 aromatic rings. The second kappa shape index (κ2) is 11.9. The predicted octanol–water partition coefficient (Wildman–Crippen LogP) is 12.0. The SMILES string of the molecule is Cc1c(O)c(O)c(-c2c3ccccc3c(-c3cccc4c(-c5c(C)c(C)c6c(O)c(O)c(C)c(C)c6c5C)cccc34)c3ccccc23)c(S)c1O. The van der Waals surface area contributed by atoms with E-state index in [2.05, 4.69) is 75.0 Å². The van der Waals surface area contributed by atoms with Crippen LogP contribution in [-0.4, -0.2) is 25.5 Å². The first-order chi connectivity index (χ1) is 24.9. The van der Waals surface area contributed by atoms with Crippen LogP contribution in [0.4, 0.5) is 0 Å². The van der Waals surface area contributed by atoms with Gasteiger partial charge in [-0.3, -0.25) is 0 Å². The average Bonchev–Trinajstić information content (AvgIpc) is 3.15. The monoisotopic (exact) mass is 702 g/mol. The molecule has 0 aliphatic heterocycles. The summed E-state index contributed by atoms with van der Waals surface area (Å²) in [6.07, 6.45) is 0. The Morgan fingerprint density at radius 3 is 1.31 bits per heavy atom. The van der Waals surface area contributed by atoms with Crippen LogP contribution in [-0.2, 0) is 0 Å². The minimum absolute atomic E-state index is 0.0725. The summed E-state index contributed by atoms with van der Waals surface area (Å²) in [5.41, 5.74) is 9.93. The third-order valence-electron chi connectivity index (χ3n) is 11.3. The van der Waals surface area contributed by atoms with Crippen molar-refractivity contribution in [3.63, 3.8) is 0 Å². The van der Waals surface area contributed by atoms with Gasteiger partial charge < -0.3 is 25.5 Å².